The molecule has 1 aromatic carbocycles. The summed E-state index contributed by atoms with van der Waals surface area (Å²) in [5.74, 6) is 0. The molecule has 4 heteroatoms. The number of nitrogens with one attached hydrogen (secondary N) is 1. The van der Waals surface area contributed by atoms with Crippen molar-refractivity contribution in [2.75, 3.05) is 0 Å². The first kappa shape index (κ1) is 9.18. The number of H-pyrrole nitrogens is 1. The number of benzene rings is 1. The van der Waals surface area contributed by atoms with Gasteiger partial charge < -0.3 is 15.2 Å². The number of hydrogen-bond acceptors (Lipinski definition) is 3. The second-order valence-electron chi connectivity index (χ2n) is 3.36. The lowest BCUT2D eigenvalue weighted by Gasteiger charge is -2.13. The summed E-state index contributed by atoms with van der Waals surface area (Å²) in [4.78, 5) is 7.01. The predicted molar refractivity (Wildman–Crippen MR) is 52.7 cm³/mol. The maximum Gasteiger partial charge on any atom is 0.105 e. The Bertz CT molecular complexity index is 436. The largest absolute Gasteiger partial charge is 0.390 e. The predicted octanol–water partition coefficient (Wildman–Crippen LogP) is 0.977. The van der Waals surface area contributed by atoms with Crippen LogP contribution in [0.25, 0.3) is 11.0 Å². The number of aliphatic hydroxyl groups is 2. The summed E-state index contributed by atoms with van der Waals surface area (Å²) < 4.78 is 0. The molecular weight excluding hydrogens is 180 g/mol. The summed E-state index contributed by atoms with van der Waals surface area (Å²) in [6.07, 6.45) is -0.0125. The second kappa shape index (κ2) is 3.40. The number of aromatic amines is 1. The summed E-state index contributed by atoms with van der Waals surface area (Å²) in [6, 6.07) is 5.37. The van der Waals surface area contributed by atoms with Gasteiger partial charge in [0.25, 0.3) is 0 Å². The van der Waals surface area contributed by atoms with Crippen LogP contribution in [0.3, 0.4) is 0 Å². The van der Waals surface area contributed by atoms with Crippen molar-refractivity contribution in [3.8, 4) is 0 Å². The summed E-state index contributed by atoms with van der Waals surface area (Å²) in [7, 11) is 0. The molecule has 0 aliphatic heterocycles. The Hall–Kier alpha value is -1.39. The summed E-state index contributed by atoms with van der Waals surface area (Å²) in [5, 5.41) is 18.8. The number of aromatic nitrogens is 2. The zero-order valence-corrected chi connectivity index (χ0v) is 7.81. The molecule has 3 N–H and O–H groups in total. The van der Waals surface area contributed by atoms with Crippen molar-refractivity contribution in [2.24, 2.45) is 0 Å². The van der Waals surface area contributed by atoms with Gasteiger partial charge in [0.1, 0.15) is 6.10 Å². The maximum atomic E-state index is 9.61. The van der Waals surface area contributed by atoms with Gasteiger partial charge in [-0.2, -0.15) is 0 Å². The lowest BCUT2D eigenvalue weighted by atomic mass is 10.1. The van der Waals surface area contributed by atoms with E-state index in [4.69, 9.17) is 0 Å². The molecule has 0 saturated carbocycles. The zero-order valence-electron chi connectivity index (χ0n) is 7.81. The Morgan fingerprint density at radius 1 is 1.36 bits per heavy atom. The van der Waals surface area contributed by atoms with Gasteiger partial charge in [0, 0.05) is 0 Å². The molecule has 1 aromatic heterocycles. The highest BCUT2D eigenvalue weighted by Crippen LogP contribution is 2.20. The van der Waals surface area contributed by atoms with Crippen LogP contribution in [0.2, 0.25) is 0 Å². The van der Waals surface area contributed by atoms with Crippen LogP contribution in [-0.2, 0) is 0 Å². The van der Waals surface area contributed by atoms with Gasteiger partial charge in [0.2, 0.25) is 0 Å². The van der Waals surface area contributed by atoms with Crippen molar-refractivity contribution in [3.63, 3.8) is 0 Å². The van der Waals surface area contributed by atoms with Crippen molar-refractivity contribution >= 4 is 11.0 Å². The smallest absolute Gasteiger partial charge is 0.105 e. The Morgan fingerprint density at radius 3 is 2.86 bits per heavy atom. The quantitative estimate of drug-likeness (QED) is 0.664. The number of aliphatic hydroxyl groups excluding tert-OH is 2. The lowest BCUT2D eigenvalue weighted by molar-refractivity contribution is 0.0306. The highest BCUT2D eigenvalue weighted by molar-refractivity contribution is 5.75. The molecule has 2 unspecified atom stereocenters. The van der Waals surface area contributed by atoms with Crippen LogP contribution in [0, 0.1) is 0 Å². The van der Waals surface area contributed by atoms with E-state index in [1.165, 1.54) is 0 Å². The standard InChI is InChI=1S/C10H12N2O2/c1-6(13)10(14)7-2-3-8-9(4-7)12-5-11-8/h2-6,10,13-14H,1H3,(H,11,12). The first-order valence-electron chi connectivity index (χ1n) is 4.47. The third-order valence-corrected chi connectivity index (χ3v) is 2.24. The highest BCUT2D eigenvalue weighted by atomic mass is 16.3. The van der Waals surface area contributed by atoms with Crippen molar-refractivity contribution in [3.05, 3.63) is 30.1 Å². The Morgan fingerprint density at radius 2 is 2.14 bits per heavy atom. The van der Waals surface area contributed by atoms with E-state index >= 15 is 0 Å². The summed E-state index contributed by atoms with van der Waals surface area (Å²) in [5.41, 5.74) is 2.41. The molecule has 0 bridgehead atoms. The van der Waals surface area contributed by atoms with Gasteiger partial charge in [0.15, 0.2) is 0 Å². The molecule has 0 saturated heterocycles. The van der Waals surface area contributed by atoms with Crippen molar-refractivity contribution in [1.82, 2.24) is 9.97 Å². The van der Waals surface area contributed by atoms with Crippen LogP contribution in [-0.4, -0.2) is 26.3 Å². The Kier molecular flexibility index (Phi) is 2.23. The maximum absolute atomic E-state index is 9.61. The zero-order chi connectivity index (χ0) is 10.1. The Balaban J connectivity index is 2.43. The molecule has 1 heterocycles. The van der Waals surface area contributed by atoms with Crippen molar-refractivity contribution < 1.29 is 10.2 Å². The number of rotatable bonds is 2. The molecule has 14 heavy (non-hydrogen) atoms. The van der Waals surface area contributed by atoms with Crippen LogP contribution in [0.4, 0.5) is 0 Å². The van der Waals surface area contributed by atoms with Gasteiger partial charge in [-0.1, -0.05) is 6.07 Å². The molecule has 2 aromatic rings. The topological polar surface area (TPSA) is 69.1 Å². The highest BCUT2D eigenvalue weighted by Gasteiger charge is 2.13. The van der Waals surface area contributed by atoms with E-state index in [1.54, 1.807) is 25.4 Å². The third-order valence-electron chi connectivity index (χ3n) is 2.24. The molecule has 0 spiro atoms. The molecule has 0 aliphatic rings. The molecule has 2 atom stereocenters. The van der Waals surface area contributed by atoms with E-state index in [0.717, 1.165) is 11.0 Å². The third kappa shape index (κ3) is 1.49. The molecular formula is C10H12N2O2. The number of nitrogens with zero attached hydrogens (tertiary/aromatic N) is 1. The first-order valence-corrected chi connectivity index (χ1v) is 4.47. The minimum Gasteiger partial charge on any atom is -0.390 e. The van der Waals surface area contributed by atoms with Crippen LogP contribution in [0.5, 0.6) is 0 Å². The molecule has 74 valence electrons. The van der Waals surface area contributed by atoms with E-state index in [-0.39, 0.29) is 0 Å². The Labute approximate surface area is 81.2 Å². The van der Waals surface area contributed by atoms with Crippen LogP contribution >= 0.6 is 0 Å². The fourth-order valence-electron chi connectivity index (χ4n) is 1.42. The molecule has 0 aliphatic carbocycles. The van der Waals surface area contributed by atoms with E-state index in [9.17, 15) is 10.2 Å². The van der Waals surface area contributed by atoms with Crippen LogP contribution < -0.4 is 0 Å². The van der Waals surface area contributed by atoms with Gasteiger partial charge >= 0.3 is 0 Å². The van der Waals surface area contributed by atoms with Gasteiger partial charge in [-0.25, -0.2) is 4.98 Å². The number of hydrogen-bond donors (Lipinski definition) is 3. The molecule has 0 amide bonds. The van der Waals surface area contributed by atoms with Gasteiger partial charge in [-0.15, -0.1) is 0 Å². The number of fused-ring (bicyclic) bond motifs is 1. The molecule has 4 nitrogen and oxygen atoms in total. The van der Waals surface area contributed by atoms with Gasteiger partial charge in [-0.3, -0.25) is 0 Å². The van der Waals surface area contributed by atoms with E-state index in [1.807, 2.05) is 6.07 Å². The average Bonchev–Trinajstić information content (AvgIpc) is 2.62. The molecule has 0 fully saturated rings. The molecule has 2 rings (SSSR count). The fraction of sp³-hybridized carbons (Fsp3) is 0.300. The normalized spacial score (nSPS) is 15.6. The molecule has 0 radical (unpaired) electrons. The van der Waals surface area contributed by atoms with E-state index < -0.39 is 12.2 Å². The number of imidazole rings is 1. The summed E-state index contributed by atoms with van der Waals surface area (Å²) in [6.45, 7) is 1.56. The second-order valence-corrected chi connectivity index (χ2v) is 3.36. The van der Waals surface area contributed by atoms with Crippen molar-refractivity contribution in [2.45, 2.75) is 19.1 Å². The van der Waals surface area contributed by atoms with Crippen LogP contribution in [0.15, 0.2) is 24.5 Å². The monoisotopic (exact) mass is 192 g/mol. The minimum atomic E-state index is -0.845. The SMILES string of the molecule is CC(O)C(O)c1ccc2nc[nH]c2c1. The first-order chi connectivity index (χ1) is 6.68. The average molecular weight is 192 g/mol. The fourth-order valence-corrected chi connectivity index (χ4v) is 1.42. The lowest BCUT2D eigenvalue weighted by Crippen LogP contribution is -2.13. The van der Waals surface area contributed by atoms with Gasteiger partial charge in [0.05, 0.1) is 23.5 Å². The van der Waals surface area contributed by atoms with E-state index in [2.05, 4.69) is 9.97 Å². The summed E-state index contributed by atoms with van der Waals surface area (Å²) >= 11 is 0. The van der Waals surface area contributed by atoms with Gasteiger partial charge in [-0.05, 0) is 24.6 Å². The van der Waals surface area contributed by atoms with E-state index in [0.29, 0.717) is 5.56 Å². The minimum absolute atomic E-state index is 0.691. The van der Waals surface area contributed by atoms with Crippen molar-refractivity contribution in [1.29, 1.82) is 0 Å². The van der Waals surface area contributed by atoms with Crippen LogP contribution in [0.1, 0.15) is 18.6 Å².